The Hall–Kier alpha value is -1.80. The minimum atomic E-state index is 0.529. The predicted molar refractivity (Wildman–Crippen MR) is 112 cm³/mol. The van der Waals surface area contributed by atoms with E-state index in [9.17, 15) is 0 Å². The van der Waals surface area contributed by atoms with Crippen molar-refractivity contribution >= 4 is 17.3 Å². The summed E-state index contributed by atoms with van der Waals surface area (Å²) in [4.78, 5) is 2.46. The van der Waals surface area contributed by atoms with E-state index in [1.807, 2.05) is 6.92 Å². The van der Waals surface area contributed by atoms with Gasteiger partial charge in [0.2, 0.25) is 0 Å². The lowest BCUT2D eigenvalue weighted by atomic mass is 10.0. The van der Waals surface area contributed by atoms with Crippen LogP contribution >= 0.6 is 0 Å². The third-order valence-electron chi connectivity index (χ3n) is 4.73. The van der Waals surface area contributed by atoms with Crippen molar-refractivity contribution in [2.75, 3.05) is 13.1 Å². The number of allylic oxidation sites excluding steroid dienone is 1. The normalized spacial score (nSPS) is 13.6. The van der Waals surface area contributed by atoms with E-state index in [0.29, 0.717) is 12.1 Å². The number of rotatable bonds is 8. The first-order valence-electron chi connectivity index (χ1n) is 9.24. The van der Waals surface area contributed by atoms with Crippen molar-refractivity contribution < 1.29 is 0 Å². The summed E-state index contributed by atoms with van der Waals surface area (Å²) in [5, 5.41) is 5.79. The first-order valence-corrected chi connectivity index (χ1v) is 9.24. The fourth-order valence-corrected chi connectivity index (χ4v) is 3.06. The molecule has 1 aromatic carbocycles. The highest BCUT2D eigenvalue weighted by Gasteiger charge is 2.12. The largest absolute Gasteiger partial charge is 0.383 e. The summed E-state index contributed by atoms with van der Waals surface area (Å²) in [6, 6.07) is 7.42. The lowest BCUT2D eigenvalue weighted by Crippen LogP contribution is -2.41. The molecule has 1 N–H and O–H groups in total. The van der Waals surface area contributed by atoms with Crippen LogP contribution in [0, 0.1) is 6.58 Å². The van der Waals surface area contributed by atoms with Gasteiger partial charge in [0.15, 0.2) is 0 Å². The third kappa shape index (κ3) is 5.89. The van der Waals surface area contributed by atoms with Gasteiger partial charge in [-0.15, -0.1) is 0 Å². The maximum atomic E-state index is 6.32. The number of hydrogen-bond donors (Lipinski definition) is 1. The SMILES string of the molecule is [CH]=C(NCCN(C(C)C)C(C)C)c1ccc(=C\C)/c(=C(/C)C(=C)C)c1. The Morgan fingerprint density at radius 2 is 1.80 bits per heavy atom. The molecule has 25 heavy (non-hydrogen) atoms. The average molecular weight is 340 g/mol. The Morgan fingerprint density at radius 3 is 2.28 bits per heavy atom. The second-order valence-electron chi connectivity index (χ2n) is 7.26. The standard InChI is InChI=1S/C23H35N2/c1-10-21-11-12-22(15-23(21)19(8)16(2)3)20(9)24-13-14-25(17(4)5)18(6)7/h9-12,15,17-18,24H,2,13-14H2,1,3-8H3/b20-9?,21-10+,23-19-. The second kappa shape index (κ2) is 9.62. The highest BCUT2D eigenvalue weighted by Crippen LogP contribution is 2.08. The molecular weight excluding hydrogens is 304 g/mol. The van der Waals surface area contributed by atoms with Crippen LogP contribution in [0.1, 0.15) is 54.0 Å². The molecule has 137 valence electrons. The predicted octanol–water partition coefficient (Wildman–Crippen LogP) is 3.72. The van der Waals surface area contributed by atoms with Gasteiger partial charge in [-0.05, 0) is 82.7 Å². The van der Waals surface area contributed by atoms with Gasteiger partial charge < -0.3 is 5.32 Å². The van der Waals surface area contributed by atoms with E-state index >= 15 is 0 Å². The topological polar surface area (TPSA) is 15.3 Å². The molecule has 0 aliphatic carbocycles. The smallest absolute Gasteiger partial charge is 0.0415 e. The first-order chi connectivity index (χ1) is 11.7. The second-order valence-corrected chi connectivity index (χ2v) is 7.26. The van der Waals surface area contributed by atoms with Crippen LogP contribution in [0.15, 0.2) is 30.4 Å². The Kier molecular flexibility index (Phi) is 8.18. The molecule has 2 heteroatoms. The summed E-state index contributed by atoms with van der Waals surface area (Å²) in [6.45, 7) is 27.3. The molecule has 0 aromatic heterocycles. The molecule has 0 heterocycles. The Bertz CT molecular complexity index is 715. The Labute approximate surface area is 154 Å². The summed E-state index contributed by atoms with van der Waals surface area (Å²) in [5.41, 5.74) is 4.04. The lowest BCUT2D eigenvalue weighted by Gasteiger charge is -2.30. The van der Waals surface area contributed by atoms with Crippen molar-refractivity contribution in [1.29, 1.82) is 0 Å². The van der Waals surface area contributed by atoms with Crippen LogP contribution in [0.4, 0.5) is 0 Å². The molecule has 0 bridgehead atoms. The van der Waals surface area contributed by atoms with Crippen LogP contribution in [0.2, 0.25) is 0 Å². The quantitative estimate of drug-likeness (QED) is 0.776. The number of nitrogens with one attached hydrogen (secondary N) is 1. The minimum Gasteiger partial charge on any atom is -0.383 e. The molecule has 1 aromatic rings. The molecule has 0 aliphatic rings. The Balaban J connectivity index is 2.96. The monoisotopic (exact) mass is 339 g/mol. The highest BCUT2D eigenvalue weighted by atomic mass is 15.2. The van der Waals surface area contributed by atoms with Crippen LogP contribution in [0.25, 0.3) is 17.3 Å². The van der Waals surface area contributed by atoms with Gasteiger partial charge in [0, 0.05) is 30.9 Å². The molecule has 0 spiro atoms. The van der Waals surface area contributed by atoms with E-state index in [1.54, 1.807) is 0 Å². The molecular formula is C23H35N2. The summed E-state index contributed by atoms with van der Waals surface area (Å²) >= 11 is 0. The summed E-state index contributed by atoms with van der Waals surface area (Å²) in [7, 11) is 0. The maximum Gasteiger partial charge on any atom is 0.0415 e. The summed E-state index contributed by atoms with van der Waals surface area (Å²) in [5.74, 6) is 0. The van der Waals surface area contributed by atoms with Crippen LogP contribution in [0.5, 0.6) is 0 Å². The molecule has 1 rings (SSSR count). The van der Waals surface area contributed by atoms with Gasteiger partial charge in [-0.2, -0.15) is 0 Å². The van der Waals surface area contributed by atoms with E-state index in [0.717, 1.165) is 29.9 Å². The van der Waals surface area contributed by atoms with Crippen LogP contribution in [0.3, 0.4) is 0 Å². The van der Waals surface area contributed by atoms with Gasteiger partial charge in [-0.25, -0.2) is 0 Å². The maximum absolute atomic E-state index is 6.32. The highest BCUT2D eigenvalue weighted by molar-refractivity contribution is 5.65. The molecule has 1 radical (unpaired) electrons. The molecule has 0 saturated heterocycles. The fraction of sp³-hybridized carbons (Fsp3) is 0.478. The van der Waals surface area contributed by atoms with Crippen LogP contribution < -0.4 is 15.8 Å². The van der Waals surface area contributed by atoms with Gasteiger partial charge in [-0.3, -0.25) is 4.90 Å². The molecule has 0 fully saturated rings. The number of nitrogens with zero attached hydrogens (tertiary/aromatic N) is 1. The number of hydrogen-bond acceptors (Lipinski definition) is 2. The molecule has 2 nitrogen and oxygen atoms in total. The van der Waals surface area contributed by atoms with Crippen molar-refractivity contribution in [2.24, 2.45) is 0 Å². The van der Waals surface area contributed by atoms with E-state index in [1.165, 1.54) is 16.0 Å². The van der Waals surface area contributed by atoms with Crippen LogP contribution in [-0.4, -0.2) is 30.1 Å². The molecule has 0 amide bonds. The van der Waals surface area contributed by atoms with Crippen LogP contribution in [-0.2, 0) is 0 Å². The van der Waals surface area contributed by atoms with Gasteiger partial charge in [0.05, 0.1) is 0 Å². The van der Waals surface area contributed by atoms with Gasteiger partial charge >= 0.3 is 0 Å². The molecule has 0 saturated carbocycles. The molecule has 0 atom stereocenters. The fourth-order valence-electron chi connectivity index (χ4n) is 3.06. The summed E-state index contributed by atoms with van der Waals surface area (Å²) < 4.78 is 0. The molecule has 0 unspecified atom stereocenters. The van der Waals surface area contributed by atoms with E-state index in [-0.39, 0.29) is 0 Å². The van der Waals surface area contributed by atoms with Gasteiger partial charge in [0.25, 0.3) is 0 Å². The van der Waals surface area contributed by atoms with Gasteiger partial charge in [0.1, 0.15) is 0 Å². The zero-order valence-corrected chi connectivity index (χ0v) is 17.1. The zero-order chi connectivity index (χ0) is 19.1. The van der Waals surface area contributed by atoms with E-state index < -0.39 is 0 Å². The average Bonchev–Trinajstić information content (AvgIpc) is 2.56. The lowest BCUT2D eigenvalue weighted by molar-refractivity contribution is 0.178. The minimum absolute atomic E-state index is 0.529. The Morgan fingerprint density at radius 1 is 1.20 bits per heavy atom. The first kappa shape index (κ1) is 21.2. The zero-order valence-electron chi connectivity index (χ0n) is 17.1. The van der Waals surface area contributed by atoms with Crippen molar-refractivity contribution in [3.8, 4) is 0 Å². The van der Waals surface area contributed by atoms with Crippen molar-refractivity contribution in [1.82, 2.24) is 10.2 Å². The van der Waals surface area contributed by atoms with Crippen molar-refractivity contribution in [3.63, 3.8) is 0 Å². The molecule has 0 aliphatic heterocycles. The van der Waals surface area contributed by atoms with Gasteiger partial charge in [-0.1, -0.05) is 30.4 Å². The number of benzene rings is 1. The van der Waals surface area contributed by atoms with Crippen molar-refractivity contribution in [3.05, 3.63) is 52.9 Å². The van der Waals surface area contributed by atoms with Crippen molar-refractivity contribution in [2.45, 2.75) is 60.5 Å². The van der Waals surface area contributed by atoms with E-state index in [2.05, 4.69) is 82.6 Å². The summed E-state index contributed by atoms with van der Waals surface area (Å²) in [6.07, 6.45) is 2.12. The van der Waals surface area contributed by atoms with E-state index in [4.69, 9.17) is 6.58 Å². The third-order valence-corrected chi connectivity index (χ3v) is 4.73.